The fourth-order valence-electron chi connectivity index (χ4n) is 4.15. The molecule has 2 unspecified atom stereocenters. The Kier molecular flexibility index (Phi) is 5.87. The van der Waals surface area contributed by atoms with Gasteiger partial charge in [-0.2, -0.15) is 0 Å². The zero-order chi connectivity index (χ0) is 19.6. The van der Waals surface area contributed by atoms with Crippen molar-refractivity contribution >= 4 is 23.9 Å². The minimum Gasteiger partial charge on any atom is -0.469 e. The highest BCUT2D eigenvalue weighted by atomic mass is 16.6. The molecule has 10 heteroatoms. The van der Waals surface area contributed by atoms with E-state index < -0.39 is 59.3 Å². The van der Waals surface area contributed by atoms with Crippen molar-refractivity contribution in [1.29, 1.82) is 0 Å². The topological polar surface area (TPSA) is 124 Å². The van der Waals surface area contributed by atoms with E-state index in [0.717, 1.165) is 28.4 Å². The minimum absolute atomic E-state index is 0.246. The van der Waals surface area contributed by atoms with Crippen LogP contribution in [0.15, 0.2) is 0 Å². The molecule has 146 valence electrons. The Morgan fingerprint density at radius 2 is 1.12 bits per heavy atom. The molecule has 2 bridgehead atoms. The molecule has 0 aromatic rings. The first-order valence-electron chi connectivity index (χ1n) is 7.82. The maximum Gasteiger partial charge on any atom is 0.312 e. The Hall–Kier alpha value is -2.20. The smallest absolute Gasteiger partial charge is 0.312 e. The van der Waals surface area contributed by atoms with Gasteiger partial charge in [-0.05, 0) is 0 Å². The van der Waals surface area contributed by atoms with Crippen LogP contribution in [-0.4, -0.2) is 77.7 Å². The largest absolute Gasteiger partial charge is 0.469 e. The molecule has 2 saturated heterocycles. The molecular formula is C16H22O10. The first-order valence-corrected chi connectivity index (χ1v) is 7.82. The number of methoxy groups -OCH3 is 5. The average molecular weight is 374 g/mol. The summed E-state index contributed by atoms with van der Waals surface area (Å²) in [5, 5.41) is 0. The number of fused-ring (bicyclic) bond motifs is 2. The lowest BCUT2D eigenvalue weighted by atomic mass is 9.61. The summed E-state index contributed by atoms with van der Waals surface area (Å²) in [7, 11) is 5.93. The fraction of sp³-hybridized carbons (Fsp3) is 0.750. The van der Waals surface area contributed by atoms with Crippen LogP contribution in [-0.2, 0) is 47.6 Å². The second-order valence-electron chi connectivity index (χ2n) is 6.07. The molecule has 0 aromatic heterocycles. The molecule has 10 nitrogen and oxygen atoms in total. The molecule has 0 aromatic carbocycles. The van der Waals surface area contributed by atoms with Crippen molar-refractivity contribution in [2.75, 3.05) is 42.2 Å². The first-order chi connectivity index (χ1) is 12.3. The third kappa shape index (κ3) is 2.73. The van der Waals surface area contributed by atoms with Gasteiger partial charge in [-0.3, -0.25) is 19.2 Å². The molecule has 6 atom stereocenters. The lowest BCUT2D eigenvalue weighted by Gasteiger charge is -2.39. The summed E-state index contributed by atoms with van der Waals surface area (Å²) in [4.78, 5) is 49.7. The Balaban J connectivity index is 2.66. The number of carbonyl (C=O) groups excluding carboxylic acids is 4. The van der Waals surface area contributed by atoms with Gasteiger partial charge in [0, 0.05) is 7.11 Å². The molecule has 0 amide bonds. The van der Waals surface area contributed by atoms with E-state index in [1.165, 1.54) is 7.11 Å². The predicted molar refractivity (Wildman–Crippen MR) is 81.5 cm³/mol. The van der Waals surface area contributed by atoms with E-state index in [1.54, 1.807) is 0 Å². The Morgan fingerprint density at radius 1 is 0.731 bits per heavy atom. The number of hydrogen-bond acceptors (Lipinski definition) is 10. The molecule has 0 saturated carbocycles. The van der Waals surface area contributed by atoms with Crippen molar-refractivity contribution in [1.82, 2.24) is 0 Å². The van der Waals surface area contributed by atoms with Crippen molar-refractivity contribution < 1.29 is 47.6 Å². The van der Waals surface area contributed by atoms with Gasteiger partial charge in [-0.25, -0.2) is 0 Å². The monoisotopic (exact) mass is 374 g/mol. The summed E-state index contributed by atoms with van der Waals surface area (Å²) in [6.07, 6.45) is -1.13. The van der Waals surface area contributed by atoms with Crippen molar-refractivity contribution in [3.8, 4) is 0 Å². The highest BCUT2D eigenvalue weighted by Gasteiger charge is 2.77. The summed E-state index contributed by atoms with van der Waals surface area (Å²) in [5.74, 6) is -7.83. The molecular weight excluding hydrogens is 352 g/mol. The van der Waals surface area contributed by atoms with Gasteiger partial charge < -0.3 is 28.4 Å². The Morgan fingerprint density at radius 3 is 1.42 bits per heavy atom. The molecule has 2 rings (SSSR count). The van der Waals surface area contributed by atoms with Gasteiger partial charge in [0.1, 0.15) is 29.3 Å². The van der Waals surface area contributed by atoms with Gasteiger partial charge in [0.2, 0.25) is 0 Å². The molecule has 2 aliphatic rings. The molecule has 26 heavy (non-hydrogen) atoms. The molecule has 0 aliphatic carbocycles. The van der Waals surface area contributed by atoms with E-state index in [9.17, 15) is 19.2 Å². The molecule has 2 heterocycles. The van der Waals surface area contributed by atoms with E-state index in [2.05, 4.69) is 0 Å². The summed E-state index contributed by atoms with van der Waals surface area (Å²) in [6, 6.07) is 0. The molecule has 0 N–H and O–H groups in total. The Bertz CT molecular complexity index is 556. The van der Waals surface area contributed by atoms with E-state index in [4.69, 9.17) is 28.4 Å². The zero-order valence-corrected chi connectivity index (χ0v) is 15.2. The number of esters is 4. The second kappa shape index (κ2) is 7.58. The molecule has 2 aliphatic heterocycles. The van der Waals surface area contributed by atoms with Gasteiger partial charge in [0.15, 0.2) is 0 Å². The highest BCUT2D eigenvalue weighted by molar-refractivity contribution is 5.92. The van der Waals surface area contributed by atoms with E-state index in [-0.39, 0.29) is 6.61 Å². The van der Waals surface area contributed by atoms with Crippen LogP contribution in [0.1, 0.15) is 0 Å². The van der Waals surface area contributed by atoms with Crippen LogP contribution in [0, 0.1) is 23.7 Å². The second-order valence-corrected chi connectivity index (χ2v) is 6.07. The van der Waals surface area contributed by atoms with Crippen molar-refractivity contribution in [3.05, 3.63) is 0 Å². The number of hydrogen-bond donors (Lipinski definition) is 0. The summed E-state index contributed by atoms with van der Waals surface area (Å²) in [6.45, 7) is -0.246. The van der Waals surface area contributed by atoms with Gasteiger partial charge >= 0.3 is 23.9 Å². The minimum atomic E-state index is -1.63. The van der Waals surface area contributed by atoms with Gasteiger partial charge in [-0.1, -0.05) is 0 Å². The SMILES string of the molecule is COCC12OC([C@@H](C(=O)OC)[C@H]1C(=O)OC)[C@H](C(=O)OC)[C@@H]2C(=O)OC. The third-order valence-corrected chi connectivity index (χ3v) is 5.06. The molecule has 2 fully saturated rings. The van der Waals surface area contributed by atoms with E-state index >= 15 is 0 Å². The lowest BCUT2D eigenvalue weighted by Crippen LogP contribution is -2.59. The average Bonchev–Trinajstić information content (AvgIpc) is 3.15. The van der Waals surface area contributed by atoms with Crippen molar-refractivity contribution in [2.24, 2.45) is 23.7 Å². The van der Waals surface area contributed by atoms with Gasteiger partial charge in [0.25, 0.3) is 0 Å². The van der Waals surface area contributed by atoms with Gasteiger partial charge in [-0.15, -0.1) is 0 Å². The van der Waals surface area contributed by atoms with Crippen LogP contribution >= 0.6 is 0 Å². The lowest BCUT2D eigenvalue weighted by molar-refractivity contribution is -0.177. The third-order valence-electron chi connectivity index (χ3n) is 5.06. The zero-order valence-electron chi connectivity index (χ0n) is 15.2. The van der Waals surface area contributed by atoms with Crippen molar-refractivity contribution in [3.63, 3.8) is 0 Å². The van der Waals surface area contributed by atoms with Crippen molar-refractivity contribution in [2.45, 2.75) is 11.7 Å². The van der Waals surface area contributed by atoms with Gasteiger partial charge in [0.05, 0.1) is 41.2 Å². The first kappa shape index (κ1) is 20.1. The Labute approximate surface area is 150 Å². The van der Waals surface area contributed by atoms with Crippen LogP contribution < -0.4 is 0 Å². The summed E-state index contributed by atoms with van der Waals surface area (Å²) in [5.41, 5.74) is -1.63. The maximum atomic E-state index is 12.5. The number of carbonyl (C=O) groups is 4. The fourth-order valence-corrected chi connectivity index (χ4v) is 4.15. The highest BCUT2D eigenvalue weighted by Crippen LogP contribution is 2.58. The van der Waals surface area contributed by atoms with Crippen LogP contribution in [0.3, 0.4) is 0 Å². The summed E-state index contributed by atoms with van der Waals surface area (Å²) < 4.78 is 30.3. The molecule has 0 radical (unpaired) electrons. The number of rotatable bonds is 6. The van der Waals surface area contributed by atoms with E-state index in [1.807, 2.05) is 0 Å². The van der Waals surface area contributed by atoms with Crippen LogP contribution in [0.4, 0.5) is 0 Å². The quantitative estimate of drug-likeness (QED) is 0.420. The van der Waals surface area contributed by atoms with E-state index in [0.29, 0.717) is 0 Å². The van der Waals surface area contributed by atoms with Crippen LogP contribution in [0.25, 0.3) is 0 Å². The normalized spacial score (nSPS) is 34.9. The summed E-state index contributed by atoms with van der Waals surface area (Å²) >= 11 is 0. The maximum absolute atomic E-state index is 12.5. The van der Waals surface area contributed by atoms with Crippen LogP contribution in [0.2, 0.25) is 0 Å². The predicted octanol–water partition coefficient (Wildman–Crippen LogP) is -1.06. The number of ether oxygens (including phenoxy) is 6. The van der Waals surface area contributed by atoms with Crippen LogP contribution in [0.5, 0.6) is 0 Å². The standard InChI is InChI=1S/C16H22O10/c1-21-6-16-9(14(19)24-4)7(12(17)22-2)11(26-16)8(13(18)23-3)10(16)15(20)25-5/h7-11H,6H2,1-5H3/t7-,8+,9-,10+,11?,16?. The molecule has 0 spiro atoms.